The van der Waals surface area contributed by atoms with E-state index < -0.39 is 0 Å². The van der Waals surface area contributed by atoms with Crippen molar-refractivity contribution in [3.05, 3.63) is 51.9 Å². The minimum Gasteiger partial charge on any atom is -0.366 e. The van der Waals surface area contributed by atoms with Gasteiger partial charge < -0.3 is 5.32 Å². The Hall–Kier alpha value is -1.42. The topological polar surface area (TPSA) is 37.8 Å². The maximum Gasteiger partial charge on any atom is 0.130 e. The maximum atomic E-state index is 4.39. The van der Waals surface area contributed by atoms with Crippen molar-refractivity contribution in [3.63, 3.8) is 0 Å². The molecule has 0 amide bonds. The molecule has 3 nitrogen and oxygen atoms in total. The summed E-state index contributed by atoms with van der Waals surface area (Å²) in [6.07, 6.45) is 0.926. The first-order valence-electron chi connectivity index (χ1n) is 6.00. The van der Waals surface area contributed by atoms with Gasteiger partial charge in [0.25, 0.3) is 0 Å². The molecule has 0 radical (unpaired) electrons. The fourth-order valence-corrected chi connectivity index (χ4v) is 2.19. The molecule has 0 atom stereocenters. The molecule has 0 aliphatic heterocycles. The van der Waals surface area contributed by atoms with E-state index in [-0.39, 0.29) is 0 Å². The molecule has 4 heteroatoms. The Morgan fingerprint density at radius 3 is 2.78 bits per heavy atom. The molecule has 0 aliphatic carbocycles. The Kier molecular flexibility index (Phi) is 4.31. The second-order valence-corrected chi connectivity index (χ2v) is 5.04. The van der Waals surface area contributed by atoms with Crippen LogP contribution in [0, 0.1) is 6.92 Å². The third-order valence-corrected chi connectivity index (χ3v) is 3.11. The Morgan fingerprint density at radius 1 is 1.22 bits per heavy atom. The second kappa shape index (κ2) is 5.96. The molecule has 2 rings (SSSR count). The van der Waals surface area contributed by atoms with Gasteiger partial charge in [-0.2, -0.15) is 0 Å². The van der Waals surface area contributed by atoms with Gasteiger partial charge in [-0.05, 0) is 31.0 Å². The summed E-state index contributed by atoms with van der Waals surface area (Å²) in [4.78, 5) is 8.75. The number of hydrogen-bond donors (Lipinski definition) is 1. The van der Waals surface area contributed by atoms with Crippen molar-refractivity contribution in [2.24, 2.45) is 0 Å². The van der Waals surface area contributed by atoms with Gasteiger partial charge in [-0.3, -0.25) is 0 Å². The first-order chi connectivity index (χ1) is 8.67. The highest BCUT2D eigenvalue weighted by Gasteiger charge is 2.00. The molecule has 0 spiro atoms. The van der Waals surface area contributed by atoms with Gasteiger partial charge in [-0.1, -0.05) is 35.0 Å². The van der Waals surface area contributed by atoms with Crippen molar-refractivity contribution < 1.29 is 0 Å². The zero-order valence-corrected chi connectivity index (χ0v) is 12.2. The summed E-state index contributed by atoms with van der Waals surface area (Å²) in [5, 5.41) is 3.33. The average molecular weight is 306 g/mol. The van der Waals surface area contributed by atoms with Gasteiger partial charge >= 0.3 is 0 Å². The Morgan fingerprint density at radius 2 is 2.06 bits per heavy atom. The number of rotatable bonds is 4. The lowest BCUT2D eigenvalue weighted by Gasteiger charge is -2.08. The summed E-state index contributed by atoms with van der Waals surface area (Å²) < 4.78 is 1.09. The summed E-state index contributed by atoms with van der Waals surface area (Å²) in [6, 6.07) is 10.2. The predicted molar refractivity (Wildman–Crippen MR) is 77.6 cm³/mol. The number of anilines is 1. The van der Waals surface area contributed by atoms with Crippen molar-refractivity contribution >= 4 is 21.7 Å². The quantitative estimate of drug-likeness (QED) is 0.935. The summed E-state index contributed by atoms with van der Waals surface area (Å²) >= 11 is 3.47. The lowest BCUT2D eigenvalue weighted by molar-refractivity contribution is 0.941. The first-order valence-corrected chi connectivity index (χ1v) is 6.79. The molecular formula is C14H16BrN3. The number of halogens is 1. The summed E-state index contributed by atoms with van der Waals surface area (Å²) in [7, 11) is 0. The van der Waals surface area contributed by atoms with E-state index >= 15 is 0 Å². The van der Waals surface area contributed by atoms with Gasteiger partial charge in [0.15, 0.2) is 0 Å². The molecule has 94 valence electrons. The molecule has 1 N–H and O–H groups in total. The molecule has 0 bridgehead atoms. The van der Waals surface area contributed by atoms with Crippen LogP contribution in [0.25, 0.3) is 0 Å². The highest BCUT2D eigenvalue weighted by atomic mass is 79.9. The van der Waals surface area contributed by atoms with Crippen LogP contribution < -0.4 is 5.32 Å². The van der Waals surface area contributed by atoms with Crippen molar-refractivity contribution in [1.82, 2.24) is 9.97 Å². The van der Waals surface area contributed by atoms with Gasteiger partial charge in [0.05, 0.1) is 0 Å². The molecule has 0 unspecified atom stereocenters. The van der Waals surface area contributed by atoms with Crippen LogP contribution in [0.2, 0.25) is 0 Å². The van der Waals surface area contributed by atoms with Crippen LogP contribution in [-0.2, 0) is 13.0 Å². The average Bonchev–Trinajstić information content (AvgIpc) is 2.36. The smallest absolute Gasteiger partial charge is 0.130 e. The van der Waals surface area contributed by atoms with Gasteiger partial charge in [0.2, 0.25) is 0 Å². The normalized spacial score (nSPS) is 10.4. The summed E-state index contributed by atoms with van der Waals surface area (Å²) in [5.74, 6) is 1.70. The first kappa shape index (κ1) is 13.0. The number of hydrogen-bond acceptors (Lipinski definition) is 3. The standard InChI is InChI=1S/C14H16BrN3/c1-3-13-8-14(18-10(2)17-13)16-9-11-5-4-6-12(15)7-11/h4-8H,3,9H2,1-2H3,(H,16,17,18). The largest absolute Gasteiger partial charge is 0.366 e. The van der Waals surface area contributed by atoms with E-state index in [2.05, 4.69) is 50.3 Å². The van der Waals surface area contributed by atoms with Crippen molar-refractivity contribution in [1.29, 1.82) is 0 Å². The van der Waals surface area contributed by atoms with Crippen LogP contribution in [0.1, 0.15) is 24.0 Å². The minimum absolute atomic E-state index is 0.763. The van der Waals surface area contributed by atoms with E-state index in [0.29, 0.717) is 0 Å². The van der Waals surface area contributed by atoms with Gasteiger partial charge in [-0.25, -0.2) is 9.97 Å². The lowest BCUT2D eigenvalue weighted by atomic mass is 10.2. The number of benzene rings is 1. The molecule has 0 fully saturated rings. The Balaban J connectivity index is 2.08. The highest BCUT2D eigenvalue weighted by molar-refractivity contribution is 9.10. The van der Waals surface area contributed by atoms with E-state index in [1.54, 1.807) is 0 Å². The molecule has 0 saturated carbocycles. The molecule has 0 aliphatic rings. The molecule has 18 heavy (non-hydrogen) atoms. The van der Waals surface area contributed by atoms with Crippen LogP contribution in [0.15, 0.2) is 34.8 Å². The van der Waals surface area contributed by atoms with Crippen molar-refractivity contribution in [2.45, 2.75) is 26.8 Å². The zero-order valence-electron chi connectivity index (χ0n) is 10.6. The maximum absolute atomic E-state index is 4.39. The van der Waals surface area contributed by atoms with E-state index in [9.17, 15) is 0 Å². The van der Waals surface area contributed by atoms with E-state index in [1.165, 1.54) is 5.56 Å². The van der Waals surface area contributed by atoms with Crippen LogP contribution >= 0.6 is 15.9 Å². The third-order valence-electron chi connectivity index (χ3n) is 2.62. The SMILES string of the molecule is CCc1cc(NCc2cccc(Br)c2)nc(C)n1. The number of nitrogens with zero attached hydrogens (tertiary/aromatic N) is 2. The van der Waals surface area contributed by atoms with Crippen LogP contribution in [0.3, 0.4) is 0 Å². The van der Waals surface area contributed by atoms with Crippen molar-refractivity contribution in [3.8, 4) is 0 Å². The molecule has 1 heterocycles. The van der Waals surface area contributed by atoms with Crippen LogP contribution in [0.4, 0.5) is 5.82 Å². The number of aromatic nitrogens is 2. The third kappa shape index (κ3) is 3.53. The number of nitrogens with one attached hydrogen (secondary N) is 1. The summed E-state index contributed by atoms with van der Waals surface area (Å²) in [5.41, 5.74) is 2.29. The monoisotopic (exact) mass is 305 g/mol. The van der Waals surface area contributed by atoms with Crippen molar-refractivity contribution in [2.75, 3.05) is 5.32 Å². The zero-order chi connectivity index (χ0) is 13.0. The van der Waals surface area contributed by atoms with E-state index in [4.69, 9.17) is 0 Å². The minimum atomic E-state index is 0.763. The summed E-state index contributed by atoms with van der Waals surface area (Å²) in [6.45, 7) is 4.78. The van der Waals surface area contributed by atoms with Crippen LogP contribution in [-0.4, -0.2) is 9.97 Å². The molecule has 0 saturated heterocycles. The Bertz CT molecular complexity index is 540. The molecular weight excluding hydrogens is 290 g/mol. The fraction of sp³-hybridized carbons (Fsp3) is 0.286. The van der Waals surface area contributed by atoms with Gasteiger partial charge in [0, 0.05) is 22.8 Å². The second-order valence-electron chi connectivity index (χ2n) is 4.13. The molecule has 2 aromatic rings. The van der Waals surface area contributed by atoms with Gasteiger partial charge in [0.1, 0.15) is 11.6 Å². The van der Waals surface area contributed by atoms with E-state index in [0.717, 1.165) is 34.8 Å². The lowest BCUT2D eigenvalue weighted by Crippen LogP contribution is -2.04. The molecule has 1 aromatic carbocycles. The number of aryl methyl sites for hydroxylation is 2. The fourth-order valence-electron chi connectivity index (χ4n) is 1.74. The molecule has 1 aromatic heterocycles. The Labute approximate surface area is 116 Å². The van der Waals surface area contributed by atoms with Gasteiger partial charge in [-0.15, -0.1) is 0 Å². The van der Waals surface area contributed by atoms with E-state index in [1.807, 2.05) is 25.1 Å². The highest BCUT2D eigenvalue weighted by Crippen LogP contribution is 2.13. The van der Waals surface area contributed by atoms with Crippen LogP contribution in [0.5, 0.6) is 0 Å². The predicted octanol–water partition coefficient (Wildman–Crippen LogP) is 3.72.